The lowest BCUT2D eigenvalue weighted by Crippen LogP contribution is -2.50. The average molecular weight is 358 g/mol. The van der Waals surface area contributed by atoms with E-state index in [1.54, 1.807) is 18.4 Å². The summed E-state index contributed by atoms with van der Waals surface area (Å²) in [7, 11) is 0. The Morgan fingerprint density at radius 3 is 2.69 bits per heavy atom. The minimum absolute atomic E-state index is 0.0292. The van der Waals surface area contributed by atoms with Crippen molar-refractivity contribution in [3.8, 4) is 0 Å². The summed E-state index contributed by atoms with van der Waals surface area (Å²) in [6, 6.07) is 4.11. The van der Waals surface area contributed by atoms with Gasteiger partial charge in [-0.1, -0.05) is 19.8 Å². The number of carbonyl (C=O) groups excluding carboxylic acids is 1. The van der Waals surface area contributed by atoms with Gasteiger partial charge >= 0.3 is 0 Å². The van der Waals surface area contributed by atoms with Crippen LogP contribution in [0.25, 0.3) is 0 Å². The zero-order chi connectivity index (χ0) is 17.9. The van der Waals surface area contributed by atoms with Crippen molar-refractivity contribution in [3.05, 3.63) is 30.0 Å². The van der Waals surface area contributed by atoms with Crippen molar-refractivity contribution in [2.75, 3.05) is 26.2 Å². The molecule has 1 aliphatic carbocycles. The highest BCUT2D eigenvalue weighted by Gasteiger charge is 2.32. The van der Waals surface area contributed by atoms with Gasteiger partial charge in [0.1, 0.15) is 0 Å². The number of rotatable bonds is 5. The molecule has 0 radical (unpaired) electrons. The van der Waals surface area contributed by atoms with Gasteiger partial charge < -0.3 is 9.32 Å². The summed E-state index contributed by atoms with van der Waals surface area (Å²) < 4.78 is 7.30. The number of furan rings is 1. The maximum Gasteiger partial charge on any atom is 0.289 e. The number of tetrazole rings is 1. The molecule has 0 unspecified atom stereocenters. The van der Waals surface area contributed by atoms with Gasteiger partial charge in [0.2, 0.25) is 0 Å². The van der Waals surface area contributed by atoms with E-state index in [2.05, 4.69) is 32.0 Å². The maximum absolute atomic E-state index is 12.4. The number of hydrogen-bond donors (Lipinski definition) is 0. The largest absolute Gasteiger partial charge is 0.459 e. The summed E-state index contributed by atoms with van der Waals surface area (Å²) in [5.74, 6) is 1.36. The molecule has 4 rings (SSSR count). The highest BCUT2D eigenvalue weighted by atomic mass is 16.3. The fraction of sp³-hybridized carbons (Fsp3) is 0.667. The molecule has 2 aromatic heterocycles. The molecule has 0 bridgehead atoms. The van der Waals surface area contributed by atoms with E-state index in [0.29, 0.717) is 24.9 Å². The SMILES string of the molecule is CC[C@H](c1nnnn1C1CCCC1)N1CCN(C(=O)c2ccco2)CC1. The number of carbonyl (C=O) groups is 1. The van der Waals surface area contributed by atoms with Gasteiger partial charge in [0, 0.05) is 26.2 Å². The molecule has 3 heterocycles. The van der Waals surface area contributed by atoms with Crippen LogP contribution in [-0.2, 0) is 0 Å². The first kappa shape index (κ1) is 17.2. The van der Waals surface area contributed by atoms with Crippen LogP contribution in [0.1, 0.15) is 67.5 Å². The van der Waals surface area contributed by atoms with E-state index >= 15 is 0 Å². The van der Waals surface area contributed by atoms with E-state index < -0.39 is 0 Å². The lowest BCUT2D eigenvalue weighted by Gasteiger charge is -2.38. The molecule has 8 nitrogen and oxygen atoms in total. The Hall–Kier alpha value is -2.22. The average Bonchev–Trinajstić information content (AvgIpc) is 3.43. The standard InChI is InChI=1S/C18H26N6O2/c1-2-15(17-19-20-21-24(17)14-6-3-4-7-14)22-9-11-23(12-10-22)18(25)16-8-5-13-26-16/h5,8,13-15H,2-4,6-7,9-12H2,1H3/t15-/m1/s1. The van der Waals surface area contributed by atoms with Crippen LogP contribution in [0, 0.1) is 0 Å². The van der Waals surface area contributed by atoms with E-state index in [4.69, 9.17) is 4.42 Å². The summed E-state index contributed by atoms with van der Waals surface area (Å²) >= 11 is 0. The van der Waals surface area contributed by atoms with Crippen LogP contribution in [0.15, 0.2) is 22.8 Å². The Kier molecular flexibility index (Phi) is 5.01. The van der Waals surface area contributed by atoms with E-state index in [9.17, 15) is 4.79 Å². The van der Waals surface area contributed by atoms with Crippen molar-refractivity contribution in [3.63, 3.8) is 0 Å². The molecular weight excluding hydrogens is 332 g/mol. The van der Waals surface area contributed by atoms with Crippen LogP contribution in [0.2, 0.25) is 0 Å². The quantitative estimate of drug-likeness (QED) is 0.816. The molecule has 1 saturated carbocycles. The molecule has 0 aromatic carbocycles. The first-order chi connectivity index (χ1) is 12.8. The van der Waals surface area contributed by atoms with Gasteiger partial charge in [-0.15, -0.1) is 5.10 Å². The molecule has 2 aliphatic rings. The lowest BCUT2D eigenvalue weighted by molar-refractivity contribution is 0.0519. The van der Waals surface area contributed by atoms with E-state index in [1.165, 1.54) is 25.7 Å². The topological polar surface area (TPSA) is 80.3 Å². The Labute approximate surface area is 153 Å². The first-order valence-corrected chi connectivity index (χ1v) is 9.62. The fourth-order valence-electron chi connectivity index (χ4n) is 4.23. The van der Waals surface area contributed by atoms with Crippen molar-refractivity contribution < 1.29 is 9.21 Å². The van der Waals surface area contributed by atoms with Crippen LogP contribution < -0.4 is 0 Å². The maximum atomic E-state index is 12.4. The second kappa shape index (κ2) is 7.57. The predicted octanol–water partition coefficient (Wildman–Crippen LogP) is 2.29. The molecule has 1 aliphatic heterocycles. The summed E-state index contributed by atoms with van der Waals surface area (Å²) in [6.07, 6.45) is 7.35. The number of aromatic nitrogens is 4. The van der Waals surface area contributed by atoms with Gasteiger partial charge in [-0.3, -0.25) is 9.69 Å². The molecule has 8 heteroatoms. The second-order valence-electron chi connectivity index (χ2n) is 7.15. The third-order valence-corrected chi connectivity index (χ3v) is 5.65. The van der Waals surface area contributed by atoms with Crippen LogP contribution in [-0.4, -0.2) is 62.1 Å². The third kappa shape index (κ3) is 3.25. The number of amides is 1. The van der Waals surface area contributed by atoms with Crippen molar-refractivity contribution in [2.45, 2.75) is 51.1 Å². The van der Waals surface area contributed by atoms with E-state index in [-0.39, 0.29) is 11.9 Å². The Morgan fingerprint density at radius 1 is 1.27 bits per heavy atom. The molecule has 2 fully saturated rings. The molecule has 26 heavy (non-hydrogen) atoms. The molecular formula is C18H26N6O2. The van der Waals surface area contributed by atoms with Gasteiger partial charge in [-0.2, -0.15) is 0 Å². The van der Waals surface area contributed by atoms with Crippen molar-refractivity contribution in [1.29, 1.82) is 0 Å². The minimum atomic E-state index is -0.0292. The number of piperazine rings is 1. The smallest absolute Gasteiger partial charge is 0.289 e. The number of nitrogens with zero attached hydrogens (tertiary/aromatic N) is 6. The van der Waals surface area contributed by atoms with E-state index in [1.807, 2.05) is 4.90 Å². The van der Waals surface area contributed by atoms with Crippen LogP contribution >= 0.6 is 0 Å². The Bertz CT molecular complexity index is 714. The van der Waals surface area contributed by atoms with Crippen LogP contribution in [0.3, 0.4) is 0 Å². The molecule has 0 N–H and O–H groups in total. The summed E-state index contributed by atoms with van der Waals surface area (Å²) in [5.41, 5.74) is 0. The van der Waals surface area contributed by atoms with Crippen molar-refractivity contribution >= 4 is 5.91 Å². The highest BCUT2D eigenvalue weighted by Crippen LogP contribution is 2.32. The van der Waals surface area contributed by atoms with Crippen molar-refractivity contribution in [2.24, 2.45) is 0 Å². The molecule has 0 spiro atoms. The monoisotopic (exact) mass is 358 g/mol. The van der Waals surface area contributed by atoms with Gasteiger partial charge in [0.25, 0.3) is 5.91 Å². The van der Waals surface area contributed by atoms with Crippen LogP contribution in [0.5, 0.6) is 0 Å². The normalized spacial score (nSPS) is 20.6. The zero-order valence-electron chi connectivity index (χ0n) is 15.3. The molecule has 2 aromatic rings. The second-order valence-corrected chi connectivity index (χ2v) is 7.15. The van der Waals surface area contributed by atoms with Gasteiger partial charge in [-0.05, 0) is 41.8 Å². The summed E-state index contributed by atoms with van der Waals surface area (Å²) in [4.78, 5) is 16.7. The van der Waals surface area contributed by atoms with Gasteiger partial charge in [0.05, 0.1) is 18.3 Å². The number of hydrogen-bond acceptors (Lipinski definition) is 6. The molecule has 1 saturated heterocycles. The summed E-state index contributed by atoms with van der Waals surface area (Å²) in [5, 5.41) is 12.6. The Morgan fingerprint density at radius 2 is 2.04 bits per heavy atom. The molecule has 1 atom stereocenters. The highest BCUT2D eigenvalue weighted by molar-refractivity contribution is 5.91. The van der Waals surface area contributed by atoms with Gasteiger partial charge in [0.15, 0.2) is 11.6 Å². The van der Waals surface area contributed by atoms with Crippen molar-refractivity contribution in [1.82, 2.24) is 30.0 Å². The minimum Gasteiger partial charge on any atom is -0.459 e. The molecule has 1 amide bonds. The molecule has 140 valence electrons. The van der Waals surface area contributed by atoms with Crippen LogP contribution in [0.4, 0.5) is 0 Å². The lowest BCUT2D eigenvalue weighted by atomic mass is 10.1. The van der Waals surface area contributed by atoms with Gasteiger partial charge in [-0.25, -0.2) is 4.68 Å². The Balaban J connectivity index is 1.43. The first-order valence-electron chi connectivity index (χ1n) is 9.62. The predicted molar refractivity (Wildman–Crippen MR) is 94.5 cm³/mol. The summed E-state index contributed by atoms with van der Waals surface area (Å²) in [6.45, 7) is 5.21. The van der Waals surface area contributed by atoms with E-state index in [0.717, 1.165) is 25.3 Å². The third-order valence-electron chi connectivity index (χ3n) is 5.65. The zero-order valence-corrected chi connectivity index (χ0v) is 15.3. The fourth-order valence-corrected chi connectivity index (χ4v) is 4.23.